The number of hydrogen-bond acceptors (Lipinski definition) is 8. The van der Waals surface area contributed by atoms with E-state index in [1.54, 1.807) is 6.92 Å². The van der Waals surface area contributed by atoms with Crippen LogP contribution in [0.25, 0.3) is 0 Å². The molecule has 7 nitrogen and oxygen atoms in total. The summed E-state index contributed by atoms with van der Waals surface area (Å²) in [7, 11) is 1.31. The number of methoxy groups -OCH3 is 1. The van der Waals surface area contributed by atoms with Crippen LogP contribution >= 0.6 is 11.3 Å². The van der Waals surface area contributed by atoms with Crippen LogP contribution in [0.5, 0.6) is 0 Å². The van der Waals surface area contributed by atoms with Crippen LogP contribution in [0, 0.1) is 5.92 Å². The van der Waals surface area contributed by atoms with Gasteiger partial charge in [-0.15, -0.1) is 0 Å². The number of nitrogens with two attached hydrogens (primary N) is 1. The normalized spacial score (nSPS) is 15.8. The van der Waals surface area contributed by atoms with E-state index < -0.39 is 5.97 Å². The van der Waals surface area contributed by atoms with Crippen molar-refractivity contribution >= 4 is 34.2 Å². The minimum Gasteiger partial charge on any atom is -0.466 e. The van der Waals surface area contributed by atoms with E-state index in [2.05, 4.69) is 9.72 Å². The van der Waals surface area contributed by atoms with Gasteiger partial charge in [-0.3, -0.25) is 4.79 Å². The number of rotatable bonds is 4. The first-order valence-corrected chi connectivity index (χ1v) is 7.64. The van der Waals surface area contributed by atoms with E-state index in [0.717, 1.165) is 0 Å². The molecule has 1 fully saturated rings. The summed E-state index contributed by atoms with van der Waals surface area (Å²) < 4.78 is 9.70. The summed E-state index contributed by atoms with van der Waals surface area (Å²) in [5, 5.41) is 0.690. The molecule has 1 saturated heterocycles. The first kappa shape index (κ1) is 15.6. The molecular formula is C13H19N3O4S. The summed E-state index contributed by atoms with van der Waals surface area (Å²) in [6, 6.07) is 0. The highest BCUT2D eigenvalue weighted by atomic mass is 32.1. The third kappa shape index (κ3) is 3.44. The van der Waals surface area contributed by atoms with Crippen molar-refractivity contribution < 1.29 is 19.1 Å². The molecule has 0 amide bonds. The number of carbonyl (C=O) groups excluding carboxylic acids is 2. The standard InChI is InChI=1S/C13H19N3O4S/c1-3-20-11(17)8-4-6-16(7-5-8)13-15-10(14)9(21-13)12(18)19-2/h8H,3-7,14H2,1-2H3. The van der Waals surface area contributed by atoms with E-state index in [0.29, 0.717) is 42.5 Å². The third-order valence-electron chi connectivity index (χ3n) is 3.40. The minimum atomic E-state index is -0.474. The maximum absolute atomic E-state index is 11.7. The van der Waals surface area contributed by atoms with Crippen molar-refractivity contribution in [3.05, 3.63) is 4.88 Å². The molecule has 1 aliphatic heterocycles. The van der Waals surface area contributed by atoms with Crippen molar-refractivity contribution in [2.75, 3.05) is 37.4 Å². The molecule has 1 aromatic heterocycles. The van der Waals surface area contributed by atoms with E-state index in [1.165, 1.54) is 18.4 Å². The van der Waals surface area contributed by atoms with Gasteiger partial charge < -0.3 is 20.1 Å². The number of anilines is 2. The van der Waals surface area contributed by atoms with Crippen molar-refractivity contribution in [3.8, 4) is 0 Å². The van der Waals surface area contributed by atoms with Crippen LogP contribution in [0.1, 0.15) is 29.4 Å². The van der Waals surface area contributed by atoms with Gasteiger partial charge in [0.2, 0.25) is 0 Å². The summed E-state index contributed by atoms with van der Waals surface area (Å²) in [6.07, 6.45) is 1.43. The van der Waals surface area contributed by atoms with Crippen LogP contribution in [0.2, 0.25) is 0 Å². The average Bonchev–Trinajstić information content (AvgIpc) is 2.89. The first-order chi connectivity index (χ1) is 10.1. The molecule has 0 aromatic carbocycles. The van der Waals surface area contributed by atoms with Gasteiger partial charge in [0, 0.05) is 13.1 Å². The molecular weight excluding hydrogens is 294 g/mol. The molecule has 2 N–H and O–H groups in total. The van der Waals surface area contributed by atoms with E-state index in [9.17, 15) is 9.59 Å². The predicted molar refractivity (Wildman–Crippen MR) is 79.4 cm³/mol. The van der Waals surface area contributed by atoms with Crippen LogP contribution < -0.4 is 10.6 Å². The van der Waals surface area contributed by atoms with E-state index in [1.807, 2.05) is 4.90 Å². The number of ether oxygens (including phenoxy) is 2. The van der Waals surface area contributed by atoms with Gasteiger partial charge >= 0.3 is 11.9 Å². The van der Waals surface area contributed by atoms with Gasteiger partial charge in [-0.1, -0.05) is 11.3 Å². The SMILES string of the molecule is CCOC(=O)C1CCN(c2nc(N)c(C(=O)OC)s2)CC1. The smallest absolute Gasteiger partial charge is 0.351 e. The van der Waals surface area contributed by atoms with Crippen LogP contribution in [0.3, 0.4) is 0 Å². The Hall–Kier alpha value is -1.83. The molecule has 0 bridgehead atoms. The van der Waals surface area contributed by atoms with E-state index in [-0.39, 0.29) is 17.7 Å². The first-order valence-electron chi connectivity index (χ1n) is 6.83. The monoisotopic (exact) mass is 313 g/mol. The van der Waals surface area contributed by atoms with Crippen molar-refractivity contribution in [2.24, 2.45) is 5.92 Å². The molecule has 116 valence electrons. The summed E-state index contributed by atoms with van der Waals surface area (Å²) in [5.41, 5.74) is 5.74. The van der Waals surface area contributed by atoms with Crippen LogP contribution in [0.15, 0.2) is 0 Å². The zero-order valence-electron chi connectivity index (χ0n) is 12.1. The maximum atomic E-state index is 11.7. The number of thiazole rings is 1. The largest absolute Gasteiger partial charge is 0.466 e. The quantitative estimate of drug-likeness (QED) is 0.837. The Kier molecular flexibility index (Phi) is 5.00. The molecule has 1 aliphatic rings. The van der Waals surface area contributed by atoms with Gasteiger partial charge in [-0.2, -0.15) is 0 Å². The number of nitrogens with zero attached hydrogens (tertiary/aromatic N) is 2. The number of piperidine rings is 1. The maximum Gasteiger partial charge on any atom is 0.351 e. The van der Waals surface area contributed by atoms with E-state index in [4.69, 9.17) is 10.5 Å². The molecule has 21 heavy (non-hydrogen) atoms. The number of hydrogen-bond donors (Lipinski definition) is 1. The van der Waals surface area contributed by atoms with Gasteiger partial charge in [0.1, 0.15) is 0 Å². The molecule has 0 radical (unpaired) electrons. The highest BCUT2D eigenvalue weighted by Gasteiger charge is 2.28. The molecule has 0 aliphatic carbocycles. The van der Waals surface area contributed by atoms with Crippen molar-refractivity contribution in [3.63, 3.8) is 0 Å². The Morgan fingerprint density at radius 3 is 2.67 bits per heavy atom. The van der Waals surface area contributed by atoms with E-state index >= 15 is 0 Å². The second kappa shape index (κ2) is 6.75. The zero-order chi connectivity index (χ0) is 15.4. The lowest BCUT2D eigenvalue weighted by Gasteiger charge is -2.30. The van der Waals surface area contributed by atoms with Crippen LogP contribution in [-0.4, -0.2) is 43.7 Å². The second-order valence-electron chi connectivity index (χ2n) is 4.72. The Labute approximate surface area is 127 Å². The van der Waals surface area contributed by atoms with Gasteiger partial charge in [-0.25, -0.2) is 9.78 Å². The Morgan fingerprint density at radius 2 is 2.10 bits per heavy atom. The van der Waals surface area contributed by atoms with Gasteiger partial charge in [0.25, 0.3) is 0 Å². The minimum absolute atomic E-state index is 0.0569. The zero-order valence-corrected chi connectivity index (χ0v) is 12.9. The molecule has 2 rings (SSSR count). The number of esters is 2. The molecule has 0 spiro atoms. The van der Waals surface area contributed by atoms with Crippen molar-refractivity contribution in [1.82, 2.24) is 4.98 Å². The van der Waals surface area contributed by atoms with Gasteiger partial charge in [-0.05, 0) is 19.8 Å². The Bertz CT molecular complexity index is 523. The fourth-order valence-electron chi connectivity index (χ4n) is 2.26. The lowest BCUT2D eigenvalue weighted by molar-refractivity contribution is -0.148. The summed E-state index contributed by atoms with van der Waals surface area (Å²) in [4.78, 5) is 29.8. The number of aromatic nitrogens is 1. The predicted octanol–water partition coefficient (Wildman–Crippen LogP) is 1.29. The molecule has 0 atom stereocenters. The topological polar surface area (TPSA) is 94.8 Å². The molecule has 1 aromatic rings. The second-order valence-corrected chi connectivity index (χ2v) is 5.69. The summed E-state index contributed by atoms with van der Waals surface area (Å²) in [6.45, 7) is 3.60. The average molecular weight is 313 g/mol. The highest BCUT2D eigenvalue weighted by molar-refractivity contribution is 7.18. The molecule has 2 heterocycles. The Morgan fingerprint density at radius 1 is 1.43 bits per heavy atom. The summed E-state index contributed by atoms with van der Waals surface area (Å²) in [5.74, 6) is -0.475. The molecule has 0 unspecified atom stereocenters. The van der Waals surface area contributed by atoms with Gasteiger partial charge in [0.05, 0.1) is 19.6 Å². The van der Waals surface area contributed by atoms with Crippen molar-refractivity contribution in [1.29, 1.82) is 0 Å². The fourth-order valence-corrected chi connectivity index (χ4v) is 3.22. The van der Waals surface area contributed by atoms with Crippen molar-refractivity contribution in [2.45, 2.75) is 19.8 Å². The molecule has 0 saturated carbocycles. The van der Waals surface area contributed by atoms with Crippen LogP contribution in [-0.2, 0) is 14.3 Å². The highest BCUT2D eigenvalue weighted by Crippen LogP contribution is 2.31. The number of nitrogen functional groups attached to an aromatic ring is 1. The number of carbonyl (C=O) groups is 2. The van der Waals surface area contributed by atoms with Gasteiger partial charge in [0.15, 0.2) is 15.8 Å². The third-order valence-corrected chi connectivity index (χ3v) is 4.51. The fraction of sp³-hybridized carbons (Fsp3) is 0.615. The Balaban J connectivity index is 1.99. The molecule has 8 heteroatoms. The lowest BCUT2D eigenvalue weighted by Crippen LogP contribution is -2.36. The summed E-state index contributed by atoms with van der Waals surface area (Å²) >= 11 is 1.22. The van der Waals surface area contributed by atoms with Crippen LogP contribution in [0.4, 0.5) is 10.9 Å². The lowest BCUT2D eigenvalue weighted by atomic mass is 9.97.